The van der Waals surface area contributed by atoms with Gasteiger partial charge in [0.25, 0.3) is 0 Å². The van der Waals surface area contributed by atoms with Crippen LogP contribution in [0.1, 0.15) is 23.6 Å². The van der Waals surface area contributed by atoms with E-state index in [9.17, 15) is 5.26 Å². The van der Waals surface area contributed by atoms with E-state index in [-0.39, 0.29) is 0 Å². The van der Waals surface area contributed by atoms with Crippen LogP contribution >= 0.6 is 34.8 Å². The fourth-order valence-electron chi connectivity index (χ4n) is 2.79. The minimum absolute atomic E-state index is 0.320. The monoisotopic (exact) mass is 457 g/mol. The first-order chi connectivity index (χ1) is 14.5. The van der Waals surface area contributed by atoms with Crippen molar-refractivity contribution in [3.05, 3.63) is 92.4 Å². The largest absolute Gasteiger partial charge is 0.490 e. The Balaban J connectivity index is 1.90. The summed E-state index contributed by atoms with van der Waals surface area (Å²) in [6.45, 7) is 2.65. The Labute approximate surface area is 191 Å². The van der Waals surface area contributed by atoms with Crippen molar-refractivity contribution in [3.8, 4) is 17.6 Å². The normalized spacial score (nSPS) is 11.1. The van der Waals surface area contributed by atoms with Crippen LogP contribution in [-0.4, -0.2) is 6.61 Å². The van der Waals surface area contributed by atoms with Gasteiger partial charge in [0.1, 0.15) is 6.61 Å². The Hall–Kier alpha value is -2.64. The number of benzene rings is 3. The molecular weight excluding hydrogens is 441 g/mol. The lowest BCUT2D eigenvalue weighted by Crippen LogP contribution is -2.01. The molecule has 0 aliphatic heterocycles. The Morgan fingerprint density at radius 3 is 2.17 bits per heavy atom. The summed E-state index contributed by atoms with van der Waals surface area (Å²) in [5.41, 5.74) is 2.93. The van der Waals surface area contributed by atoms with Crippen molar-refractivity contribution in [2.24, 2.45) is 0 Å². The van der Waals surface area contributed by atoms with E-state index in [2.05, 4.69) is 6.07 Å². The molecule has 3 rings (SSSR count). The van der Waals surface area contributed by atoms with Gasteiger partial charge in [0.05, 0.1) is 23.3 Å². The molecular formula is C24H18Cl3NO2. The van der Waals surface area contributed by atoms with Crippen LogP contribution < -0.4 is 9.47 Å². The summed E-state index contributed by atoms with van der Waals surface area (Å²) < 4.78 is 11.7. The summed E-state index contributed by atoms with van der Waals surface area (Å²) in [4.78, 5) is 0. The Morgan fingerprint density at radius 2 is 1.57 bits per heavy atom. The summed E-state index contributed by atoms with van der Waals surface area (Å²) in [6.07, 6.45) is 1.75. The molecule has 0 bridgehead atoms. The van der Waals surface area contributed by atoms with E-state index in [1.165, 1.54) is 0 Å². The molecule has 0 saturated heterocycles. The second-order valence-electron chi connectivity index (χ2n) is 6.35. The molecule has 0 radical (unpaired) electrons. The minimum Gasteiger partial charge on any atom is -0.490 e. The highest BCUT2D eigenvalue weighted by atomic mass is 35.5. The van der Waals surface area contributed by atoms with Gasteiger partial charge in [-0.1, -0.05) is 59.1 Å². The van der Waals surface area contributed by atoms with Gasteiger partial charge in [-0.3, -0.25) is 0 Å². The molecule has 0 aliphatic rings. The van der Waals surface area contributed by atoms with E-state index in [1.807, 2.05) is 19.1 Å². The third-order valence-corrected chi connectivity index (χ3v) is 5.00. The molecule has 30 heavy (non-hydrogen) atoms. The van der Waals surface area contributed by atoms with Gasteiger partial charge in [0.2, 0.25) is 0 Å². The van der Waals surface area contributed by atoms with Crippen molar-refractivity contribution >= 4 is 46.5 Å². The molecule has 152 valence electrons. The first-order valence-corrected chi connectivity index (χ1v) is 10.3. The first-order valence-electron chi connectivity index (χ1n) is 9.21. The summed E-state index contributed by atoms with van der Waals surface area (Å²) in [7, 11) is 0. The van der Waals surface area contributed by atoms with Crippen LogP contribution in [0.2, 0.25) is 15.1 Å². The SMILES string of the molecule is CCOc1cc(/C=C(/C#N)c2ccc(Cl)cc2)cc(Cl)c1OCc1ccc(Cl)cc1. The Morgan fingerprint density at radius 1 is 0.933 bits per heavy atom. The lowest BCUT2D eigenvalue weighted by molar-refractivity contribution is 0.269. The number of allylic oxidation sites excluding steroid dienone is 1. The highest BCUT2D eigenvalue weighted by molar-refractivity contribution is 6.32. The molecule has 3 nitrogen and oxygen atoms in total. The quantitative estimate of drug-likeness (QED) is 0.269. The van der Waals surface area contributed by atoms with Crippen LogP contribution in [0.25, 0.3) is 11.6 Å². The average molecular weight is 459 g/mol. The van der Waals surface area contributed by atoms with Crippen LogP contribution in [0.5, 0.6) is 11.5 Å². The molecule has 0 heterocycles. The number of nitriles is 1. The zero-order valence-corrected chi connectivity index (χ0v) is 18.4. The highest BCUT2D eigenvalue weighted by Crippen LogP contribution is 2.38. The molecule has 6 heteroatoms. The second kappa shape index (κ2) is 10.4. The molecule has 0 N–H and O–H groups in total. The van der Waals surface area contributed by atoms with Gasteiger partial charge in [0.15, 0.2) is 11.5 Å². The number of rotatable bonds is 7. The number of ether oxygens (including phenoxy) is 2. The predicted octanol–water partition coefficient (Wildman–Crippen LogP) is 7.69. The van der Waals surface area contributed by atoms with Crippen molar-refractivity contribution in [1.82, 2.24) is 0 Å². The van der Waals surface area contributed by atoms with Crippen molar-refractivity contribution in [1.29, 1.82) is 5.26 Å². The minimum atomic E-state index is 0.320. The van der Waals surface area contributed by atoms with E-state index >= 15 is 0 Å². The Kier molecular flexibility index (Phi) is 7.65. The summed E-state index contributed by atoms with van der Waals surface area (Å²) in [5, 5.41) is 11.3. The molecule has 3 aromatic carbocycles. The summed E-state index contributed by atoms with van der Waals surface area (Å²) in [5.74, 6) is 0.967. The summed E-state index contributed by atoms with van der Waals surface area (Å²) in [6, 6.07) is 20.2. The molecule has 0 spiro atoms. The zero-order chi connectivity index (χ0) is 21.5. The van der Waals surface area contributed by atoms with Crippen LogP contribution in [-0.2, 0) is 6.61 Å². The molecule has 3 aromatic rings. The van der Waals surface area contributed by atoms with Gasteiger partial charge >= 0.3 is 0 Å². The third kappa shape index (κ3) is 5.70. The van der Waals surface area contributed by atoms with Crippen molar-refractivity contribution < 1.29 is 9.47 Å². The van der Waals surface area contributed by atoms with Gasteiger partial charge in [-0.15, -0.1) is 0 Å². The van der Waals surface area contributed by atoms with Crippen LogP contribution in [0.4, 0.5) is 0 Å². The standard InChI is InChI=1S/C24H18Cl3NO2/c1-2-29-23-13-17(11-19(14-28)18-5-9-21(26)10-6-18)12-22(27)24(23)30-15-16-3-7-20(25)8-4-16/h3-13H,2,15H2,1H3/b19-11-. The van der Waals surface area contributed by atoms with Gasteiger partial charge in [0, 0.05) is 10.0 Å². The van der Waals surface area contributed by atoms with E-state index in [0.29, 0.717) is 45.4 Å². The molecule has 0 unspecified atom stereocenters. The topological polar surface area (TPSA) is 42.2 Å². The van der Waals surface area contributed by atoms with Crippen molar-refractivity contribution in [2.45, 2.75) is 13.5 Å². The molecule has 0 atom stereocenters. The molecule has 0 saturated carbocycles. The van der Waals surface area contributed by atoms with Gasteiger partial charge in [-0.2, -0.15) is 5.26 Å². The molecule has 0 amide bonds. The fraction of sp³-hybridized carbons (Fsp3) is 0.125. The second-order valence-corrected chi connectivity index (χ2v) is 7.63. The van der Waals surface area contributed by atoms with Gasteiger partial charge in [-0.25, -0.2) is 0 Å². The number of hydrogen-bond acceptors (Lipinski definition) is 3. The third-order valence-electron chi connectivity index (χ3n) is 4.21. The lowest BCUT2D eigenvalue weighted by Gasteiger charge is -2.15. The first kappa shape index (κ1) is 22.1. The highest BCUT2D eigenvalue weighted by Gasteiger charge is 2.13. The molecule has 0 fully saturated rings. The van der Waals surface area contributed by atoms with Crippen molar-refractivity contribution in [3.63, 3.8) is 0 Å². The molecule has 0 aromatic heterocycles. The van der Waals surface area contributed by atoms with E-state index in [4.69, 9.17) is 44.3 Å². The van der Waals surface area contributed by atoms with E-state index in [1.54, 1.807) is 54.6 Å². The summed E-state index contributed by atoms with van der Waals surface area (Å²) >= 11 is 18.4. The Bertz CT molecular complexity index is 1090. The maximum absolute atomic E-state index is 9.59. The molecule has 0 aliphatic carbocycles. The van der Waals surface area contributed by atoms with Crippen LogP contribution in [0.15, 0.2) is 60.7 Å². The van der Waals surface area contributed by atoms with Crippen LogP contribution in [0, 0.1) is 11.3 Å². The number of halogens is 3. The number of nitrogens with zero attached hydrogens (tertiary/aromatic N) is 1. The van der Waals surface area contributed by atoms with Gasteiger partial charge in [-0.05, 0) is 66.1 Å². The maximum Gasteiger partial charge on any atom is 0.180 e. The number of hydrogen-bond donors (Lipinski definition) is 0. The zero-order valence-electron chi connectivity index (χ0n) is 16.2. The lowest BCUT2D eigenvalue weighted by atomic mass is 10.0. The fourth-order valence-corrected chi connectivity index (χ4v) is 3.31. The maximum atomic E-state index is 9.59. The van der Waals surface area contributed by atoms with E-state index in [0.717, 1.165) is 16.7 Å². The average Bonchev–Trinajstić information content (AvgIpc) is 2.73. The van der Waals surface area contributed by atoms with Gasteiger partial charge < -0.3 is 9.47 Å². The predicted molar refractivity (Wildman–Crippen MR) is 123 cm³/mol. The van der Waals surface area contributed by atoms with Crippen molar-refractivity contribution in [2.75, 3.05) is 6.61 Å². The van der Waals surface area contributed by atoms with E-state index < -0.39 is 0 Å². The smallest absolute Gasteiger partial charge is 0.180 e. The van der Waals surface area contributed by atoms with Crippen LogP contribution in [0.3, 0.4) is 0 Å².